The maximum absolute atomic E-state index is 13.5. The molecule has 83 heavy (non-hydrogen) atoms. The number of ether oxygens (including phenoxy) is 7. The number of unbranched alkanes of at least 4 members (excludes halogenated alkanes) is 1. The van der Waals surface area contributed by atoms with Gasteiger partial charge in [0, 0.05) is 58.0 Å². The second kappa shape index (κ2) is 45.4. The molecule has 0 aromatic rings. The minimum absolute atomic E-state index is 0.0658. The fourth-order valence-electron chi connectivity index (χ4n) is 9.61. The smallest absolute Gasteiger partial charge is 0.244 e. The first kappa shape index (κ1) is 74.1. The standard InChI is InChI=1S/C68H110N4O11/c1-12-38-77-42-46-81-50-51-83-49-45-80-41-32-63(73)69-36-19-39-78-43-47-82-48-44-79-40-20-37-71-66(76)62(72-65(75)53-57(5)24-16-22-55(3)29-31-61-59(7)26-18-34-68(61,10)11)27-13-14-35-70-64(74)52-56(4)23-15-21-54(2)28-30-60-58(6)25-17-33-67(60,8)9/h15-16,21-24,28-31,52-53,62H,12-14,17-20,25-27,32-51H2,1-11H3,(H,69,73)(H,70,74)(H,71,76)(H,72,75)/b23-15+,24-16+,30-28+,31-29+,54-21+,55-22+,56-52+,57-53+/t62-/m0/s1. The van der Waals surface area contributed by atoms with E-state index in [-0.39, 0.29) is 40.9 Å². The molecule has 15 heteroatoms. The van der Waals surface area contributed by atoms with E-state index in [9.17, 15) is 19.2 Å². The van der Waals surface area contributed by atoms with Gasteiger partial charge in [0.25, 0.3) is 0 Å². The van der Waals surface area contributed by atoms with E-state index in [0.29, 0.717) is 138 Å². The summed E-state index contributed by atoms with van der Waals surface area (Å²) in [5.41, 5.74) is 9.98. The fraction of sp³-hybridized carbons (Fsp3) is 0.647. The Morgan fingerprint density at radius 2 is 0.916 bits per heavy atom. The van der Waals surface area contributed by atoms with Gasteiger partial charge in [0.2, 0.25) is 23.6 Å². The van der Waals surface area contributed by atoms with Gasteiger partial charge >= 0.3 is 0 Å². The van der Waals surface area contributed by atoms with Crippen molar-refractivity contribution >= 4 is 23.6 Å². The summed E-state index contributed by atoms with van der Waals surface area (Å²) in [6, 6.07) is -0.760. The third-order valence-electron chi connectivity index (χ3n) is 14.4. The van der Waals surface area contributed by atoms with E-state index in [2.05, 4.69) is 114 Å². The lowest BCUT2D eigenvalue weighted by Crippen LogP contribution is -2.46. The van der Waals surface area contributed by atoms with Gasteiger partial charge in [-0.05, 0) is 152 Å². The molecule has 0 saturated heterocycles. The summed E-state index contributed by atoms with van der Waals surface area (Å²) in [6.45, 7) is 31.8. The molecule has 4 amide bonds. The average molecular weight is 1160 g/mol. The molecule has 0 fully saturated rings. The summed E-state index contributed by atoms with van der Waals surface area (Å²) >= 11 is 0. The Morgan fingerprint density at radius 3 is 1.39 bits per heavy atom. The summed E-state index contributed by atoms with van der Waals surface area (Å²) in [5.74, 6) is -0.870. The van der Waals surface area contributed by atoms with Crippen molar-refractivity contribution in [2.45, 2.75) is 166 Å². The van der Waals surface area contributed by atoms with Crippen LogP contribution in [-0.4, -0.2) is 142 Å². The molecule has 4 N–H and O–H groups in total. The Hall–Kier alpha value is -5.00. The third-order valence-corrected chi connectivity index (χ3v) is 14.4. The van der Waals surface area contributed by atoms with Crippen LogP contribution >= 0.6 is 0 Å². The quantitative estimate of drug-likeness (QED) is 0.0259. The molecule has 468 valence electrons. The van der Waals surface area contributed by atoms with Crippen molar-refractivity contribution in [1.82, 2.24) is 21.3 Å². The van der Waals surface area contributed by atoms with Crippen LogP contribution in [0.2, 0.25) is 0 Å². The molecule has 0 radical (unpaired) electrons. The maximum Gasteiger partial charge on any atom is 0.244 e. The number of allylic oxidation sites excluding steroid dienone is 18. The van der Waals surface area contributed by atoms with Crippen molar-refractivity contribution < 1.29 is 52.3 Å². The molecule has 0 aromatic heterocycles. The van der Waals surface area contributed by atoms with E-state index in [1.165, 1.54) is 54.1 Å². The van der Waals surface area contributed by atoms with Crippen LogP contribution in [0, 0.1) is 10.8 Å². The highest BCUT2D eigenvalue weighted by atomic mass is 16.6. The van der Waals surface area contributed by atoms with Crippen LogP contribution in [-0.2, 0) is 52.3 Å². The van der Waals surface area contributed by atoms with Crippen molar-refractivity contribution in [2.75, 3.05) is 112 Å². The Bertz CT molecular complexity index is 2230. The number of rotatable bonds is 45. The predicted octanol–water partition coefficient (Wildman–Crippen LogP) is 11.7. The Balaban J connectivity index is 1.74. The van der Waals surface area contributed by atoms with Crippen molar-refractivity contribution in [2.24, 2.45) is 10.8 Å². The highest BCUT2D eigenvalue weighted by molar-refractivity contribution is 5.93. The molecular weight excluding hydrogens is 1050 g/mol. The predicted molar refractivity (Wildman–Crippen MR) is 337 cm³/mol. The van der Waals surface area contributed by atoms with Crippen LogP contribution in [0.25, 0.3) is 0 Å². The normalized spacial score (nSPS) is 16.7. The molecule has 2 rings (SSSR count). The zero-order valence-electron chi connectivity index (χ0n) is 53.2. The summed E-state index contributed by atoms with van der Waals surface area (Å²) in [7, 11) is 0. The van der Waals surface area contributed by atoms with Crippen LogP contribution < -0.4 is 21.3 Å². The van der Waals surface area contributed by atoms with Gasteiger partial charge in [-0.2, -0.15) is 0 Å². The monoisotopic (exact) mass is 1160 g/mol. The molecule has 0 spiro atoms. The van der Waals surface area contributed by atoms with Gasteiger partial charge in [0.15, 0.2) is 0 Å². The van der Waals surface area contributed by atoms with Gasteiger partial charge in [-0.1, -0.05) is 118 Å². The number of carbonyl (C=O) groups is 4. The topological polar surface area (TPSA) is 181 Å². The molecule has 2 aliphatic carbocycles. The molecule has 0 aromatic carbocycles. The van der Waals surface area contributed by atoms with Crippen LogP contribution in [0.1, 0.15) is 160 Å². The number of hydrogen-bond donors (Lipinski definition) is 4. The van der Waals surface area contributed by atoms with Crippen molar-refractivity contribution in [1.29, 1.82) is 0 Å². The van der Waals surface area contributed by atoms with Crippen molar-refractivity contribution in [3.8, 4) is 0 Å². The lowest BCUT2D eigenvalue weighted by molar-refractivity contribution is -0.127. The first-order valence-corrected chi connectivity index (χ1v) is 30.8. The van der Waals surface area contributed by atoms with Gasteiger partial charge < -0.3 is 54.4 Å². The van der Waals surface area contributed by atoms with Crippen molar-refractivity contribution in [3.05, 3.63) is 117 Å². The summed E-state index contributed by atoms with van der Waals surface area (Å²) in [6.07, 6.45) is 35.1. The molecule has 0 aliphatic heterocycles. The first-order chi connectivity index (χ1) is 39.8. The van der Waals surface area contributed by atoms with Gasteiger partial charge in [0.05, 0.1) is 72.7 Å². The Kier molecular flexibility index (Phi) is 40.5. The van der Waals surface area contributed by atoms with E-state index in [1.54, 1.807) is 6.08 Å². The molecule has 2 aliphatic rings. The molecule has 15 nitrogen and oxygen atoms in total. The molecule has 0 heterocycles. The minimum Gasteiger partial charge on any atom is -0.379 e. The number of hydrogen-bond acceptors (Lipinski definition) is 11. The van der Waals surface area contributed by atoms with Gasteiger partial charge in [-0.3, -0.25) is 19.2 Å². The zero-order valence-corrected chi connectivity index (χ0v) is 53.2. The zero-order chi connectivity index (χ0) is 61.0. The second-order valence-electron chi connectivity index (χ2n) is 23.1. The van der Waals surface area contributed by atoms with E-state index in [0.717, 1.165) is 48.2 Å². The third kappa shape index (κ3) is 37.1. The van der Waals surface area contributed by atoms with Crippen LogP contribution in [0.3, 0.4) is 0 Å². The fourth-order valence-corrected chi connectivity index (χ4v) is 9.61. The van der Waals surface area contributed by atoms with E-state index >= 15 is 0 Å². The molecular formula is C68H110N4O11. The van der Waals surface area contributed by atoms with Crippen LogP contribution in [0.4, 0.5) is 0 Å². The minimum atomic E-state index is -0.760. The number of carbonyl (C=O) groups excluding carboxylic acids is 4. The summed E-state index contributed by atoms with van der Waals surface area (Å²) in [5, 5.41) is 11.7. The Morgan fingerprint density at radius 1 is 0.494 bits per heavy atom. The lowest BCUT2D eigenvalue weighted by atomic mass is 9.72. The maximum atomic E-state index is 13.5. The van der Waals surface area contributed by atoms with Gasteiger partial charge in [0.1, 0.15) is 6.04 Å². The molecule has 0 unspecified atom stereocenters. The van der Waals surface area contributed by atoms with E-state index < -0.39 is 6.04 Å². The van der Waals surface area contributed by atoms with Crippen LogP contribution in [0.5, 0.6) is 0 Å². The van der Waals surface area contributed by atoms with E-state index in [1.807, 2.05) is 44.2 Å². The van der Waals surface area contributed by atoms with Gasteiger partial charge in [-0.25, -0.2) is 0 Å². The van der Waals surface area contributed by atoms with Crippen LogP contribution in [0.15, 0.2) is 117 Å². The largest absolute Gasteiger partial charge is 0.379 e. The lowest BCUT2D eigenvalue weighted by Gasteiger charge is -2.33. The molecule has 1 atom stereocenters. The number of nitrogens with one attached hydrogen (secondary N) is 4. The highest BCUT2D eigenvalue weighted by Crippen LogP contribution is 2.42. The number of amides is 4. The average Bonchev–Trinajstić information content (AvgIpc) is 3.62. The highest BCUT2D eigenvalue weighted by Gasteiger charge is 2.27. The molecule has 0 bridgehead atoms. The second-order valence-corrected chi connectivity index (χ2v) is 23.1. The summed E-state index contributed by atoms with van der Waals surface area (Å²) in [4.78, 5) is 51.7. The SMILES string of the molecule is CCCOCCOCCOCCOCCC(=O)NCCCOCCOCCOCCCNC(=O)[C@H](CCCCNC(=O)/C=C(C)/C=C/C=C(C)/C=C/C1=C(C)CCCC1(C)C)NC(=O)/C=C(C)/C=C/C=C(C)/C=C/C1=C(C)CCCC1(C)C. The Labute approximate surface area is 501 Å². The summed E-state index contributed by atoms with van der Waals surface area (Å²) < 4.78 is 38.7. The van der Waals surface area contributed by atoms with Crippen molar-refractivity contribution in [3.63, 3.8) is 0 Å². The molecule has 0 saturated carbocycles. The first-order valence-electron chi connectivity index (χ1n) is 30.8. The van der Waals surface area contributed by atoms with Gasteiger partial charge in [-0.15, -0.1) is 0 Å². The van der Waals surface area contributed by atoms with E-state index in [4.69, 9.17) is 33.2 Å².